The highest BCUT2D eigenvalue weighted by Gasteiger charge is 2.13. The van der Waals surface area contributed by atoms with Crippen molar-refractivity contribution in [3.8, 4) is 0 Å². The minimum absolute atomic E-state index is 0.462. The third-order valence-electron chi connectivity index (χ3n) is 2.92. The smallest absolute Gasteiger partial charge is 0.0868 e. The van der Waals surface area contributed by atoms with Gasteiger partial charge in [-0.3, -0.25) is 0 Å². The molecule has 3 nitrogen and oxygen atoms in total. The number of hydrogen-bond acceptors (Lipinski definition) is 3. The van der Waals surface area contributed by atoms with Gasteiger partial charge in [-0.15, -0.1) is 0 Å². The van der Waals surface area contributed by atoms with Gasteiger partial charge in [0, 0.05) is 30.5 Å². The molecule has 4 heteroatoms. The summed E-state index contributed by atoms with van der Waals surface area (Å²) in [6.45, 7) is 2.54. The normalized spacial score (nSPS) is 10.9. The Morgan fingerprint density at radius 1 is 1.35 bits per heavy atom. The Balaban J connectivity index is 2.92. The molecule has 1 aromatic heterocycles. The van der Waals surface area contributed by atoms with E-state index in [2.05, 4.69) is 38.8 Å². The summed E-state index contributed by atoms with van der Waals surface area (Å²) in [7, 11) is 4.09. The van der Waals surface area contributed by atoms with Gasteiger partial charge in [0.15, 0.2) is 0 Å². The van der Waals surface area contributed by atoms with E-state index in [9.17, 15) is 0 Å². The second-order valence-corrected chi connectivity index (χ2v) is 5.12. The van der Waals surface area contributed by atoms with Crippen molar-refractivity contribution in [2.45, 2.75) is 13.5 Å². The van der Waals surface area contributed by atoms with Crippen LogP contribution in [0.1, 0.15) is 11.3 Å². The molecule has 0 atom stereocenters. The molecule has 1 aromatic carbocycles. The number of nitrogens with two attached hydrogens (primary N) is 1. The minimum atomic E-state index is 0.462. The summed E-state index contributed by atoms with van der Waals surface area (Å²) in [5.74, 6) is 0. The quantitative estimate of drug-likeness (QED) is 0.926. The van der Waals surface area contributed by atoms with E-state index in [-0.39, 0.29) is 0 Å². The van der Waals surface area contributed by atoms with Crippen molar-refractivity contribution in [2.24, 2.45) is 5.73 Å². The van der Waals surface area contributed by atoms with E-state index >= 15 is 0 Å². The van der Waals surface area contributed by atoms with E-state index in [1.807, 2.05) is 26.2 Å². The van der Waals surface area contributed by atoms with Crippen LogP contribution in [0.15, 0.2) is 22.7 Å². The third kappa shape index (κ3) is 2.03. The Morgan fingerprint density at radius 3 is 2.65 bits per heavy atom. The van der Waals surface area contributed by atoms with Gasteiger partial charge in [0.25, 0.3) is 0 Å². The van der Waals surface area contributed by atoms with Crippen LogP contribution < -0.4 is 10.6 Å². The van der Waals surface area contributed by atoms with E-state index in [1.165, 1.54) is 5.69 Å². The van der Waals surface area contributed by atoms with Crippen molar-refractivity contribution in [1.82, 2.24) is 4.98 Å². The van der Waals surface area contributed by atoms with Gasteiger partial charge >= 0.3 is 0 Å². The molecule has 90 valence electrons. The Morgan fingerprint density at radius 2 is 2.06 bits per heavy atom. The van der Waals surface area contributed by atoms with Crippen LogP contribution in [0.25, 0.3) is 10.9 Å². The fourth-order valence-corrected chi connectivity index (χ4v) is 2.61. The number of halogens is 1. The second kappa shape index (κ2) is 4.63. The van der Waals surface area contributed by atoms with Gasteiger partial charge in [0.2, 0.25) is 0 Å². The highest BCUT2D eigenvalue weighted by Crippen LogP contribution is 2.33. The zero-order valence-electron chi connectivity index (χ0n) is 10.3. The van der Waals surface area contributed by atoms with E-state index in [4.69, 9.17) is 5.73 Å². The number of aromatic nitrogens is 1. The topological polar surface area (TPSA) is 42.1 Å². The number of rotatable bonds is 2. The van der Waals surface area contributed by atoms with Crippen molar-refractivity contribution in [2.75, 3.05) is 19.0 Å². The third-order valence-corrected chi connectivity index (χ3v) is 3.56. The zero-order valence-corrected chi connectivity index (χ0v) is 11.9. The zero-order chi connectivity index (χ0) is 12.6. The number of para-hydroxylation sites is 1. The summed E-state index contributed by atoms with van der Waals surface area (Å²) in [6, 6.07) is 6.13. The Bertz CT molecular complexity index is 564. The molecule has 0 unspecified atom stereocenters. The van der Waals surface area contributed by atoms with Crippen LogP contribution in [0.4, 0.5) is 5.69 Å². The standard InChI is InChI=1S/C13H16BrN3/c1-8-11(7-15)16-12-9(13(8)17(2)3)5-4-6-10(12)14/h4-6H,7,15H2,1-3H3. The van der Waals surface area contributed by atoms with Crippen LogP contribution in [0.2, 0.25) is 0 Å². The highest BCUT2D eigenvalue weighted by atomic mass is 79.9. The lowest BCUT2D eigenvalue weighted by molar-refractivity contribution is 0.974. The molecule has 0 aliphatic rings. The van der Waals surface area contributed by atoms with Crippen molar-refractivity contribution < 1.29 is 0 Å². The van der Waals surface area contributed by atoms with Crippen molar-refractivity contribution >= 4 is 32.5 Å². The molecule has 0 fully saturated rings. The summed E-state index contributed by atoms with van der Waals surface area (Å²) >= 11 is 3.55. The molecule has 0 radical (unpaired) electrons. The van der Waals surface area contributed by atoms with E-state index < -0.39 is 0 Å². The van der Waals surface area contributed by atoms with Gasteiger partial charge in [0.05, 0.1) is 16.9 Å². The number of anilines is 1. The summed E-state index contributed by atoms with van der Waals surface area (Å²) < 4.78 is 1.01. The summed E-state index contributed by atoms with van der Waals surface area (Å²) in [5, 5.41) is 1.15. The van der Waals surface area contributed by atoms with Crippen LogP contribution in [-0.2, 0) is 6.54 Å². The van der Waals surface area contributed by atoms with E-state index in [0.29, 0.717) is 6.54 Å². The van der Waals surface area contributed by atoms with Gasteiger partial charge in [-0.25, -0.2) is 4.98 Å². The number of fused-ring (bicyclic) bond motifs is 1. The predicted molar refractivity (Wildman–Crippen MR) is 76.4 cm³/mol. The average Bonchev–Trinajstić information content (AvgIpc) is 2.28. The molecular formula is C13H16BrN3. The van der Waals surface area contributed by atoms with Crippen molar-refractivity contribution in [3.05, 3.63) is 33.9 Å². The average molecular weight is 294 g/mol. The maximum absolute atomic E-state index is 5.76. The first kappa shape index (κ1) is 12.3. The first-order chi connectivity index (χ1) is 8.06. The summed E-state index contributed by atoms with van der Waals surface area (Å²) in [6.07, 6.45) is 0. The Kier molecular flexibility index (Phi) is 3.35. The monoisotopic (exact) mass is 293 g/mol. The van der Waals surface area contributed by atoms with Gasteiger partial charge in [-0.2, -0.15) is 0 Å². The van der Waals surface area contributed by atoms with Gasteiger partial charge < -0.3 is 10.6 Å². The SMILES string of the molecule is Cc1c(CN)nc2c(Br)cccc2c1N(C)C. The van der Waals surface area contributed by atoms with Gasteiger partial charge in [-0.1, -0.05) is 12.1 Å². The van der Waals surface area contributed by atoms with E-state index in [1.54, 1.807) is 0 Å². The van der Waals surface area contributed by atoms with Crippen molar-refractivity contribution in [1.29, 1.82) is 0 Å². The van der Waals surface area contributed by atoms with Crippen LogP contribution in [-0.4, -0.2) is 19.1 Å². The molecule has 0 saturated carbocycles. The van der Waals surface area contributed by atoms with Gasteiger partial charge in [0.1, 0.15) is 0 Å². The molecule has 0 amide bonds. The molecule has 0 bridgehead atoms. The molecule has 17 heavy (non-hydrogen) atoms. The predicted octanol–water partition coefficient (Wildman–Crippen LogP) is 2.83. The second-order valence-electron chi connectivity index (χ2n) is 4.27. The lowest BCUT2D eigenvalue weighted by Crippen LogP contribution is -2.14. The fraction of sp³-hybridized carbons (Fsp3) is 0.308. The first-order valence-electron chi connectivity index (χ1n) is 5.51. The molecule has 0 spiro atoms. The molecular weight excluding hydrogens is 278 g/mol. The molecule has 2 N–H and O–H groups in total. The number of pyridine rings is 1. The van der Waals surface area contributed by atoms with Gasteiger partial charge in [-0.05, 0) is 34.5 Å². The molecule has 0 aliphatic carbocycles. The van der Waals surface area contributed by atoms with Crippen molar-refractivity contribution in [3.63, 3.8) is 0 Å². The first-order valence-corrected chi connectivity index (χ1v) is 6.30. The number of nitrogens with zero attached hydrogens (tertiary/aromatic N) is 2. The Hall–Kier alpha value is -1.13. The van der Waals surface area contributed by atoms with Crippen LogP contribution in [0, 0.1) is 6.92 Å². The fourth-order valence-electron chi connectivity index (χ4n) is 2.15. The minimum Gasteiger partial charge on any atom is -0.377 e. The highest BCUT2D eigenvalue weighted by molar-refractivity contribution is 9.10. The largest absolute Gasteiger partial charge is 0.377 e. The maximum atomic E-state index is 5.76. The molecule has 0 saturated heterocycles. The lowest BCUT2D eigenvalue weighted by Gasteiger charge is -2.20. The lowest BCUT2D eigenvalue weighted by atomic mass is 10.1. The van der Waals surface area contributed by atoms with Crippen LogP contribution >= 0.6 is 15.9 Å². The number of hydrogen-bond donors (Lipinski definition) is 1. The molecule has 2 rings (SSSR count). The Labute approximate surface area is 110 Å². The molecule has 1 heterocycles. The van der Waals surface area contributed by atoms with Crippen LogP contribution in [0.5, 0.6) is 0 Å². The maximum Gasteiger partial charge on any atom is 0.0868 e. The van der Waals surface area contributed by atoms with E-state index in [0.717, 1.165) is 26.6 Å². The summed E-state index contributed by atoms with van der Waals surface area (Å²) in [5.41, 5.74) is 10.0. The summed E-state index contributed by atoms with van der Waals surface area (Å²) in [4.78, 5) is 6.75. The molecule has 0 aliphatic heterocycles. The number of benzene rings is 1. The molecule has 2 aromatic rings. The van der Waals surface area contributed by atoms with Crippen LogP contribution in [0.3, 0.4) is 0 Å².